The van der Waals surface area contributed by atoms with E-state index < -0.39 is 10.0 Å². The van der Waals surface area contributed by atoms with Gasteiger partial charge in [0.2, 0.25) is 15.0 Å². The Bertz CT molecular complexity index is 1560. The molecule has 4 heterocycles. The molecule has 4 aromatic rings. The number of hydrogen-bond acceptors (Lipinski definition) is 9. The van der Waals surface area contributed by atoms with Crippen LogP contribution in [0.2, 0.25) is 0 Å². The van der Waals surface area contributed by atoms with Crippen molar-refractivity contribution < 1.29 is 12.8 Å². The minimum Gasteiger partial charge on any atom is -0.304 e. The van der Waals surface area contributed by atoms with Crippen LogP contribution in [-0.4, -0.2) is 58.7 Å². The van der Waals surface area contributed by atoms with Crippen molar-refractivity contribution in [2.45, 2.75) is 32.1 Å². The summed E-state index contributed by atoms with van der Waals surface area (Å²) in [5.41, 5.74) is 2.06. The molecule has 0 unspecified atom stereocenters. The molecule has 0 aliphatic carbocycles. The number of fused-ring (bicyclic) bond motifs is 1. The van der Waals surface area contributed by atoms with Gasteiger partial charge in [-0.25, -0.2) is 27.1 Å². The number of thiazole rings is 1. The molecular formula is C23H24FN7O2S3. The van der Waals surface area contributed by atoms with Gasteiger partial charge < -0.3 is 4.90 Å². The topological polar surface area (TPSA) is 107 Å². The summed E-state index contributed by atoms with van der Waals surface area (Å²) < 4.78 is 40.5. The summed E-state index contributed by atoms with van der Waals surface area (Å²) in [6.45, 7) is 3.00. The van der Waals surface area contributed by atoms with Crippen LogP contribution in [0.4, 0.5) is 15.3 Å². The number of aryl methyl sites for hydroxylation is 1. The van der Waals surface area contributed by atoms with Gasteiger partial charge in [-0.05, 0) is 43.5 Å². The van der Waals surface area contributed by atoms with Crippen molar-refractivity contribution in [1.82, 2.24) is 23.9 Å². The Hall–Kier alpha value is -2.92. The first-order valence-corrected chi connectivity index (χ1v) is 14.9. The van der Waals surface area contributed by atoms with E-state index in [1.54, 1.807) is 12.1 Å². The molecule has 0 atom stereocenters. The second-order valence-electron chi connectivity index (χ2n) is 8.66. The van der Waals surface area contributed by atoms with Gasteiger partial charge in [-0.3, -0.25) is 0 Å². The molecule has 13 heteroatoms. The number of piperidine rings is 1. The summed E-state index contributed by atoms with van der Waals surface area (Å²) in [6.07, 6.45) is 3.37. The van der Waals surface area contributed by atoms with E-state index in [0.29, 0.717) is 53.6 Å². The molecule has 0 bridgehead atoms. The quantitative estimate of drug-likeness (QED) is 0.354. The molecule has 1 saturated heterocycles. The molecule has 0 spiro atoms. The highest BCUT2D eigenvalue weighted by Gasteiger charge is 2.30. The molecule has 0 saturated carbocycles. The second kappa shape index (κ2) is 9.51. The van der Waals surface area contributed by atoms with E-state index in [2.05, 4.69) is 6.07 Å². The van der Waals surface area contributed by atoms with Crippen LogP contribution >= 0.6 is 22.7 Å². The van der Waals surface area contributed by atoms with E-state index in [1.165, 1.54) is 45.4 Å². The lowest BCUT2D eigenvalue weighted by Crippen LogP contribution is -2.37. The SMILES string of the molecule is CCc1nc2sc(C3CCN(S(C)(=O)=O)CC3)nn2c1N(C)c1nc(-c2ccc(F)cc2)c(C#N)s1. The zero-order valence-corrected chi connectivity index (χ0v) is 22.4. The van der Waals surface area contributed by atoms with Crippen LogP contribution in [0.3, 0.4) is 0 Å². The predicted octanol–water partition coefficient (Wildman–Crippen LogP) is 4.39. The van der Waals surface area contributed by atoms with Crippen molar-refractivity contribution in [2.24, 2.45) is 0 Å². The maximum atomic E-state index is 13.4. The van der Waals surface area contributed by atoms with E-state index in [-0.39, 0.29) is 11.7 Å². The van der Waals surface area contributed by atoms with Gasteiger partial charge in [-0.2, -0.15) is 14.9 Å². The van der Waals surface area contributed by atoms with Crippen molar-refractivity contribution in [3.63, 3.8) is 0 Å². The monoisotopic (exact) mass is 545 g/mol. The minimum atomic E-state index is -3.18. The molecule has 188 valence electrons. The Morgan fingerprint density at radius 3 is 2.50 bits per heavy atom. The lowest BCUT2D eigenvalue weighted by molar-refractivity contribution is 0.320. The average molecular weight is 546 g/mol. The van der Waals surface area contributed by atoms with Crippen molar-refractivity contribution in [2.75, 3.05) is 31.3 Å². The number of sulfonamides is 1. The molecule has 9 nitrogen and oxygen atoms in total. The normalized spacial score (nSPS) is 15.4. The van der Waals surface area contributed by atoms with Gasteiger partial charge in [0.05, 0.1) is 11.9 Å². The molecule has 1 aliphatic heterocycles. The van der Waals surface area contributed by atoms with Crippen LogP contribution in [0.15, 0.2) is 24.3 Å². The Balaban J connectivity index is 1.48. The summed E-state index contributed by atoms with van der Waals surface area (Å²) in [4.78, 5) is 12.6. The lowest BCUT2D eigenvalue weighted by atomic mass is 9.99. The Kier molecular flexibility index (Phi) is 6.54. The first-order valence-electron chi connectivity index (χ1n) is 11.4. The van der Waals surface area contributed by atoms with Gasteiger partial charge >= 0.3 is 0 Å². The Morgan fingerprint density at radius 2 is 1.89 bits per heavy atom. The van der Waals surface area contributed by atoms with Crippen LogP contribution in [0.5, 0.6) is 0 Å². The number of rotatable bonds is 6. The average Bonchev–Trinajstić information content (AvgIpc) is 3.56. The Labute approximate surface area is 216 Å². The molecule has 3 aromatic heterocycles. The van der Waals surface area contributed by atoms with Crippen LogP contribution in [0, 0.1) is 17.1 Å². The third-order valence-electron chi connectivity index (χ3n) is 6.31. The van der Waals surface area contributed by atoms with Crippen molar-refractivity contribution >= 4 is 48.6 Å². The van der Waals surface area contributed by atoms with Crippen LogP contribution in [0.25, 0.3) is 16.2 Å². The van der Waals surface area contributed by atoms with E-state index in [9.17, 15) is 18.1 Å². The summed E-state index contributed by atoms with van der Waals surface area (Å²) >= 11 is 2.79. The maximum Gasteiger partial charge on any atom is 0.214 e. The highest BCUT2D eigenvalue weighted by molar-refractivity contribution is 7.88. The molecule has 0 radical (unpaired) electrons. The van der Waals surface area contributed by atoms with Gasteiger partial charge in [-0.15, -0.1) is 0 Å². The number of hydrogen-bond donors (Lipinski definition) is 0. The smallest absolute Gasteiger partial charge is 0.214 e. The molecular weight excluding hydrogens is 521 g/mol. The fourth-order valence-electron chi connectivity index (χ4n) is 4.39. The van der Waals surface area contributed by atoms with E-state index in [1.807, 2.05) is 23.4 Å². The zero-order chi connectivity index (χ0) is 25.6. The third-order valence-corrected chi connectivity index (χ3v) is 9.72. The number of nitriles is 1. The van der Waals surface area contributed by atoms with Crippen molar-refractivity contribution in [3.05, 3.63) is 45.7 Å². The standard InChI is InChI=1S/C23H24FN7O2S3/c1-4-17-21(29(2)22-27-19(18(13-25)34-22)14-5-7-16(24)8-6-14)31-23(26-17)35-20(28-31)15-9-11-30(12-10-15)36(3,32)33/h5-8,15H,4,9-12H2,1-3H3. The van der Waals surface area contributed by atoms with Crippen LogP contribution in [-0.2, 0) is 16.4 Å². The van der Waals surface area contributed by atoms with E-state index >= 15 is 0 Å². The summed E-state index contributed by atoms with van der Waals surface area (Å²) in [5.74, 6) is 0.612. The molecule has 1 aromatic carbocycles. The molecule has 1 aliphatic rings. The van der Waals surface area contributed by atoms with E-state index in [0.717, 1.165) is 21.5 Å². The number of nitrogens with zero attached hydrogens (tertiary/aromatic N) is 7. The van der Waals surface area contributed by atoms with Crippen molar-refractivity contribution in [1.29, 1.82) is 5.26 Å². The zero-order valence-electron chi connectivity index (χ0n) is 20.0. The fraction of sp³-hybridized carbons (Fsp3) is 0.391. The largest absolute Gasteiger partial charge is 0.304 e. The first kappa shape index (κ1) is 24.8. The lowest BCUT2D eigenvalue weighted by Gasteiger charge is -2.28. The van der Waals surface area contributed by atoms with Gasteiger partial charge in [0.15, 0.2) is 10.9 Å². The minimum absolute atomic E-state index is 0.174. The van der Waals surface area contributed by atoms with Gasteiger partial charge in [0.1, 0.15) is 27.5 Å². The maximum absolute atomic E-state index is 13.4. The van der Waals surface area contributed by atoms with E-state index in [4.69, 9.17) is 15.1 Å². The fourth-order valence-corrected chi connectivity index (χ4v) is 7.19. The second-order valence-corrected chi connectivity index (χ2v) is 12.6. The molecule has 36 heavy (non-hydrogen) atoms. The number of imidazole rings is 1. The van der Waals surface area contributed by atoms with Gasteiger partial charge in [0.25, 0.3) is 0 Å². The number of aromatic nitrogens is 4. The summed E-state index contributed by atoms with van der Waals surface area (Å²) in [5, 5.41) is 16.1. The van der Waals surface area contributed by atoms with Crippen molar-refractivity contribution in [3.8, 4) is 17.3 Å². The number of anilines is 2. The molecule has 0 amide bonds. The summed E-state index contributed by atoms with van der Waals surface area (Å²) in [6, 6.07) is 8.15. The molecule has 0 N–H and O–H groups in total. The predicted molar refractivity (Wildman–Crippen MR) is 139 cm³/mol. The third kappa shape index (κ3) is 4.50. The van der Waals surface area contributed by atoms with Gasteiger partial charge in [0, 0.05) is 31.6 Å². The number of halogens is 1. The Morgan fingerprint density at radius 1 is 1.19 bits per heavy atom. The molecule has 5 rings (SSSR count). The van der Waals surface area contributed by atoms with Gasteiger partial charge in [-0.1, -0.05) is 29.6 Å². The van der Waals surface area contributed by atoms with Crippen LogP contribution < -0.4 is 4.90 Å². The molecule has 1 fully saturated rings. The first-order chi connectivity index (χ1) is 17.2. The highest BCUT2D eigenvalue weighted by atomic mass is 32.2. The van der Waals surface area contributed by atoms with Crippen LogP contribution in [0.1, 0.15) is 41.3 Å². The highest BCUT2D eigenvalue weighted by Crippen LogP contribution is 2.39. The summed E-state index contributed by atoms with van der Waals surface area (Å²) in [7, 11) is -1.31. The number of benzene rings is 1.